The average Bonchev–Trinajstić information content (AvgIpc) is 2.09. The molecule has 0 N–H and O–H groups in total. The van der Waals surface area contributed by atoms with E-state index in [9.17, 15) is 9.18 Å². The van der Waals surface area contributed by atoms with Crippen LogP contribution < -0.4 is 0 Å². The van der Waals surface area contributed by atoms with E-state index in [1.165, 1.54) is 18.2 Å². The van der Waals surface area contributed by atoms with E-state index < -0.39 is 5.82 Å². The Morgan fingerprint density at radius 2 is 2.31 bits per heavy atom. The molecule has 0 aliphatic carbocycles. The van der Waals surface area contributed by atoms with Crippen LogP contribution in [0.3, 0.4) is 0 Å². The Kier molecular flexibility index (Phi) is 3.48. The number of rotatable bonds is 1. The van der Waals surface area contributed by atoms with Crippen molar-refractivity contribution in [3.8, 4) is 11.8 Å². The molecule has 0 aliphatic heterocycles. The van der Waals surface area contributed by atoms with Gasteiger partial charge in [-0.05, 0) is 18.2 Å². The van der Waals surface area contributed by atoms with E-state index in [4.69, 9.17) is 11.6 Å². The van der Waals surface area contributed by atoms with Crippen LogP contribution in [-0.2, 0) is 4.79 Å². The molecule has 0 radical (unpaired) electrons. The molecule has 0 spiro atoms. The summed E-state index contributed by atoms with van der Waals surface area (Å²) in [5, 5.41) is 0.262. The van der Waals surface area contributed by atoms with Gasteiger partial charge in [-0.15, -0.1) is 0 Å². The van der Waals surface area contributed by atoms with Crippen LogP contribution in [0.15, 0.2) is 18.2 Å². The average molecular weight is 197 g/mol. The second-order valence-corrected chi connectivity index (χ2v) is 2.70. The van der Waals surface area contributed by atoms with Gasteiger partial charge in [0.25, 0.3) is 0 Å². The Morgan fingerprint density at radius 3 is 2.92 bits per heavy atom. The first-order valence-corrected chi connectivity index (χ1v) is 3.99. The van der Waals surface area contributed by atoms with Crippen LogP contribution in [0.5, 0.6) is 0 Å². The van der Waals surface area contributed by atoms with E-state index in [1.807, 2.05) is 0 Å². The van der Waals surface area contributed by atoms with Gasteiger partial charge in [0.1, 0.15) is 12.1 Å². The van der Waals surface area contributed by atoms with Crippen LogP contribution in [0, 0.1) is 17.7 Å². The molecule has 3 heteroatoms. The van der Waals surface area contributed by atoms with Crippen molar-refractivity contribution in [2.75, 3.05) is 0 Å². The minimum absolute atomic E-state index is 0.160. The Labute approximate surface area is 80.5 Å². The van der Waals surface area contributed by atoms with Crippen LogP contribution >= 0.6 is 11.6 Å². The van der Waals surface area contributed by atoms with Crippen LogP contribution in [-0.4, -0.2) is 6.29 Å². The lowest BCUT2D eigenvalue weighted by Gasteiger charge is -1.94. The smallest absolute Gasteiger partial charge is 0.131 e. The Bertz CT molecular complexity index is 376. The molecule has 1 aromatic rings. The van der Waals surface area contributed by atoms with Crippen LogP contribution in [0.25, 0.3) is 0 Å². The van der Waals surface area contributed by atoms with Crippen molar-refractivity contribution in [3.05, 3.63) is 34.6 Å². The lowest BCUT2D eigenvalue weighted by atomic mass is 10.2. The van der Waals surface area contributed by atoms with Gasteiger partial charge in [-0.2, -0.15) is 0 Å². The molecule has 0 heterocycles. The second kappa shape index (κ2) is 4.64. The van der Waals surface area contributed by atoms with Crippen LogP contribution in [0.1, 0.15) is 12.0 Å². The minimum Gasteiger partial charge on any atom is -0.302 e. The monoisotopic (exact) mass is 196 g/mol. The maximum Gasteiger partial charge on any atom is 0.131 e. The topological polar surface area (TPSA) is 17.1 Å². The number of benzene rings is 1. The maximum atomic E-state index is 12.5. The minimum atomic E-state index is -0.397. The van der Waals surface area contributed by atoms with Gasteiger partial charge in [0.15, 0.2) is 0 Å². The largest absolute Gasteiger partial charge is 0.302 e. The highest BCUT2D eigenvalue weighted by atomic mass is 35.5. The number of aldehydes is 1. The van der Waals surface area contributed by atoms with Crippen molar-refractivity contribution in [2.24, 2.45) is 0 Å². The van der Waals surface area contributed by atoms with E-state index in [-0.39, 0.29) is 11.4 Å². The summed E-state index contributed by atoms with van der Waals surface area (Å²) < 4.78 is 12.5. The predicted octanol–water partition coefficient (Wildman–Crippen LogP) is 2.42. The van der Waals surface area contributed by atoms with E-state index in [1.54, 1.807) is 0 Å². The number of carbonyl (C=O) groups is 1. The molecule has 0 bridgehead atoms. The molecular weight excluding hydrogens is 191 g/mol. The van der Waals surface area contributed by atoms with Crippen LogP contribution in [0.4, 0.5) is 4.39 Å². The van der Waals surface area contributed by atoms with E-state index >= 15 is 0 Å². The van der Waals surface area contributed by atoms with Crippen molar-refractivity contribution in [3.63, 3.8) is 0 Å². The third-order valence-electron chi connectivity index (χ3n) is 1.34. The summed E-state index contributed by atoms with van der Waals surface area (Å²) in [5.41, 5.74) is 0.532. The highest BCUT2D eigenvalue weighted by Crippen LogP contribution is 2.15. The Morgan fingerprint density at radius 1 is 1.54 bits per heavy atom. The van der Waals surface area contributed by atoms with E-state index in [2.05, 4.69) is 11.8 Å². The maximum absolute atomic E-state index is 12.5. The first-order chi connectivity index (χ1) is 6.24. The summed E-state index contributed by atoms with van der Waals surface area (Å²) in [6.07, 6.45) is 0.859. The molecule has 66 valence electrons. The van der Waals surface area contributed by atoms with Gasteiger partial charge < -0.3 is 4.79 Å². The highest BCUT2D eigenvalue weighted by molar-refractivity contribution is 6.31. The van der Waals surface area contributed by atoms with Crippen molar-refractivity contribution in [1.82, 2.24) is 0 Å². The van der Waals surface area contributed by atoms with Gasteiger partial charge >= 0.3 is 0 Å². The molecule has 1 rings (SSSR count). The zero-order valence-electron chi connectivity index (χ0n) is 6.68. The summed E-state index contributed by atoms with van der Waals surface area (Å²) in [6, 6.07) is 3.94. The second-order valence-electron chi connectivity index (χ2n) is 2.30. The Balaban J connectivity index is 2.91. The first kappa shape index (κ1) is 9.76. The molecule has 0 atom stereocenters. The Hall–Kier alpha value is -1.33. The van der Waals surface area contributed by atoms with Gasteiger partial charge in [-0.1, -0.05) is 23.4 Å². The summed E-state index contributed by atoms with van der Waals surface area (Å²) in [6.45, 7) is 0. The molecular formula is C10H6ClFO. The van der Waals surface area contributed by atoms with Gasteiger partial charge in [-0.25, -0.2) is 4.39 Å². The molecule has 0 amide bonds. The summed E-state index contributed by atoms with van der Waals surface area (Å²) in [4.78, 5) is 9.94. The van der Waals surface area contributed by atoms with Gasteiger partial charge in [0.05, 0.1) is 11.4 Å². The lowest BCUT2D eigenvalue weighted by molar-refractivity contribution is -0.107. The fourth-order valence-electron chi connectivity index (χ4n) is 0.779. The van der Waals surface area contributed by atoms with Crippen molar-refractivity contribution in [2.45, 2.75) is 6.42 Å². The molecule has 0 unspecified atom stereocenters. The molecule has 0 aliphatic rings. The molecule has 1 aromatic carbocycles. The third kappa shape index (κ3) is 2.89. The molecule has 0 saturated heterocycles. The zero-order chi connectivity index (χ0) is 9.68. The van der Waals surface area contributed by atoms with Gasteiger partial charge in [-0.3, -0.25) is 0 Å². The van der Waals surface area contributed by atoms with Crippen molar-refractivity contribution >= 4 is 17.9 Å². The van der Waals surface area contributed by atoms with Gasteiger partial charge in [0, 0.05) is 5.56 Å². The molecule has 0 aromatic heterocycles. The fraction of sp³-hybridized carbons (Fsp3) is 0.100. The molecule has 1 nitrogen and oxygen atoms in total. The predicted molar refractivity (Wildman–Crippen MR) is 49.0 cm³/mol. The third-order valence-corrected chi connectivity index (χ3v) is 1.65. The van der Waals surface area contributed by atoms with Crippen molar-refractivity contribution < 1.29 is 9.18 Å². The molecule has 13 heavy (non-hydrogen) atoms. The first-order valence-electron chi connectivity index (χ1n) is 3.61. The quantitative estimate of drug-likeness (QED) is 0.498. The van der Waals surface area contributed by atoms with Crippen molar-refractivity contribution in [1.29, 1.82) is 0 Å². The van der Waals surface area contributed by atoms with E-state index in [0.29, 0.717) is 11.8 Å². The molecule has 0 fully saturated rings. The summed E-state index contributed by atoms with van der Waals surface area (Å²) in [5.74, 6) is 4.85. The summed E-state index contributed by atoms with van der Waals surface area (Å²) >= 11 is 5.68. The summed E-state index contributed by atoms with van der Waals surface area (Å²) in [7, 11) is 0. The van der Waals surface area contributed by atoms with Crippen LogP contribution in [0.2, 0.25) is 5.02 Å². The number of halogens is 2. The number of hydrogen-bond donors (Lipinski definition) is 0. The number of hydrogen-bond acceptors (Lipinski definition) is 1. The molecule has 0 saturated carbocycles. The lowest BCUT2D eigenvalue weighted by Crippen LogP contribution is -1.79. The van der Waals surface area contributed by atoms with E-state index in [0.717, 1.165) is 0 Å². The zero-order valence-corrected chi connectivity index (χ0v) is 7.44. The number of carbonyl (C=O) groups excluding carboxylic acids is 1. The van der Waals surface area contributed by atoms with Gasteiger partial charge in [0.2, 0.25) is 0 Å². The standard InChI is InChI=1S/C10H6ClFO/c11-10-7-9(12)5-4-8(10)3-1-2-6-13/h4-7H,2H2. The SMILES string of the molecule is O=CCC#Cc1ccc(F)cc1Cl. The normalized spacial score (nSPS) is 8.77. The fourth-order valence-corrected chi connectivity index (χ4v) is 0.993. The highest BCUT2D eigenvalue weighted by Gasteiger charge is 1.97.